The van der Waals surface area contributed by atoms with Gasteiger partial charge in [0.1, 0.15) is 11.7 Å². The predicted octanol–water partition coefficient (Wildman–Crippen LogP) is 2.01. The number of hydrogen-bond acceptors (Lipinski definition) is 6. The second-order valence-corrected chi connectivity index (χ2v) is 4.57. The standard InChI is InChI=1S/C13H26O6/c1-6-17-8-7-13(3,10-16-5)19-12(14)18-11(2)9-15-4/h11H,6-10H2,1-5H3. The molecular weight excluding hydrogens is 252 g/mol. The van der Waals surface area contributed by atoms with Crippen LogP contribution in [0.5, 0.6) is 0 Å². The smallest absolute Gasteiger partial charge is 0.429 e. The van der Waals surface area contributed by atoms with Crippen LogP contribution in [-0.2, 0) is 23.7 Å². The van der Waals surface area contributed by atoms with Crippen molar-refractivity contribution in [1.29, 1.82) is 0 Å². The lowest BCUT2D eigenvalue weighted by Gasteiger charge is -2.28. The van der Waals surface area contributed by atoms with Crippen molar-refractivity contribution in [2.45, 2.75) is 38.9 Å². The predicted molar refractivity (Wildman–Crippen MR) is 70.3 cm³/mol. The summed E-state index contributed by atoms with van der Waals surface area (Å²) < 4.78 is 25.6. The molecule has 0 aliphatic rings. The van der Waals surface area contributed by atoms with Crippen molar-refractivity contribution < 1.29 is 28.5 Å². The van der Waals surface area contributed by atoms with Gasteiger partial charge in [-0.2, -0.15) is 0 Å². The molecule has 0 fully saturated rings. The Morgan fingerprint density at radius 1 is 1.26 bits per heavy atom. The molecular formula is C13H26O6. The molecule has 0 aromatic carbocycles. The van der Waals surface area contributed by atoms with E-state index in [2.05, 4.69) is 0 Å². The summed E-state index contributed by atoms with van der Waals surface area (Å²) in [6, 6.07) is 0. The molecule has 0 aliphatic heterocycles. The number of ether oxygens (including phenoxy) is 5. The molecule has 2 unspecified atom stereocenters. The van der Waals surface area contributed by atoms with Gasteiger partial charge in [0.2, 0.25) is 0 Å². The van der Waals surface area contributed by atoms with Crippen LogP contribution in [0.1, 0.15) is 27.2 Å². The summed E-state index contributed by atoms with van der Waals surface area (Å²) in [6.45, 7) is 7.17. The van der Waals surface area contributed by atoms with Crippen molar-refractivity contribution in [2.24, 2.45) is 0 Å². The molecule has 0 saturated carbocycles. The van der Waals surface area contributed by atoms with E-state index >= 15 is 0 Å². The maximum absolute atomic E-state index is 11.7. The summed E-state index contributed by atoms with van der Waals surface area (Å²) in [7, 11) is 3.10. The Bertz CT molecular complexity index is 245. The zero-order chi connectivity index (χ0) is 14.7. The molecule has 0 amide bonds. The SMILES string of the molecule is CCOCCC(C)(COC)OC(=O)OC(C)COC. The van der Waals surface area contributed by atoms with E-state index in [9.17, 15) is 4.79 Å². The van der Waals surface area contributed by atoms with Crippen LogP contribution in [0.25, 0.3) is 0 Å². The van der Waals surface area contributed by atoms with Crippen LogP contribution in [0.15, 0.2) is 0 Å². The quantitative estimate of drug-likeness (QED) is 0.450. The first kappa shape index (κ1) is 18.1. The number of rotatable bonds is 10. The van der Waals surface area contributed by atoms with Crippen molar-refractivity contribution in [3.63, 3.8) is 0 Å². The number of carbonyl (C=O) groups is 1. The normalized spacial score (nSPS) is 15.6. The number of methoxy groups -OCH3 is 2. The van der Waals surface area contributed by atoms with Gasteiger partial charge in [0.25, 0.3) is 0 Å². The van der Waals surface area contributed by atoms with E-state index in [1.807, 2.05) is 6.92 Å². The van der Waals surface area contributed by atoms with Gasteiger partial charge in [-0.05, 0) is 20.8 Å². The summed E-state index contributed by atoms with van der Waals surface area (Å²) in [5, 5.41) is 0. The fraction of sp³-hybridized carbons (Fsp3) is 0.923. The van der Waals surface area contributed by atoms with Gasteiger partial charge >= 0.3 is 6.16 Å². The van der Waals surface area contributed by atoms with Gasteiger partial charge in [0, 0.05) is 27.2 Å². The average Bonchev–Trinajstić information content (AvgIpc) is 2.29. The van der Waals surface area contributed by atoms with Crippen molar-refractivity contribution in [3.05, 3.63) is 0 Å². The summed E-state index contributed by atoms with van der Waals surface area (Å²) in [5.41, 5.74) is -0.756. The highest BCUT2D eigenvalue weighted by Gasteiger charge is 2.30. The molecule has 0 N–H and O–H groups in total. The van der Waals surface area contributed by atoms with Gasteiger partial charge in [-0.25, -0.2) is 4.79 Å². The molecule has 6 nitrogen and oxygen atoms in total. The molecule has 19 heavy (non-hydrogen) atoms. The summed E-state index contributed by atoms with van der Waals surface area (Å²) in [4.78, 5) is 11.7. The summed E-state index contributed by atoms with van der Waals surface area (Å²) in [5.74, 6) is 0. The minimum absolute atomic E-state index is 0.286. The highest BCUT2D eigenvalue weighted by molar-refractivity contribution is 5.60. The Hall–Kier alpha value is -0.850. The monoisotopic (exact) mass is 278 g/mol. The van der Waals surface area contributed by atoms with E-state index in [0.717, 1.165) is 0 Å². The molecule has 0 aromatic heterocycles. The van der Waals surface area contributed by atoms with E-state index in [1.165, 1.54) is 0 Å². The van der Waals surface area contributed by atoms with Crippen molar-refractivity contribution >= 4 is 6.16 Å². The van der Waals surface area contributed by atoms with E-state index in [-0.39, 0.29) is 12.7 Å². The van der Waals surface area contributed by atoms with Gasteiger partial charge in [0.15, 0.2) is 0 Å². The average molecular weight is 278 g/mol. The lowest BCUT2D eigenvalue weighted by atomic mass is 10.0. The van der Waals surface area contributed by atoms with Crippen LogP contribution >= 0.6 is 0 Å². The van der Waals surface area contributed by atoms with Crippen LogP contribution < -0.4 is 0 Å². The number of hydrogen-bond donors (Lipinski definition) is 0. The van der Waals surface area contributed by atoms with Crippen molar-refractivity contribution in [2.75, 3.05) is 40.6 Å². The van der Waals surface area contributed by atoms with E-state index in [0.29, 0.717) is 26.2 Å². The minimum atomic E-state index is -0.756. The van der Waals surface area contributed by atoms with E-state index in [1.54, 1.807) is 28.1 Å². The fourth-order valence-corrected chi connectivity index (χ4v) is 1.55. The first-order valence-electron chi connectivity index (χ1n) is 6.42. The van der Waals surface area contributed by atoms with Gasteiger partial charge in [-0.1, -0.05) is 0 Å². The molecule has 114 valence electrons. The summed E-state index contributed by atoms with van der Waals surface area (Å²) in [6.07, 6.45) is -0.528. The lowest BCUT2D eigenvalue weighted by molar-refractivity contribution is -0.0877. The fourth-order valence-electron chi connectivity index (χ4n) is 1.55. The van der Waals surface area contributed by atoms with E-state index in [4.69, 9.17) is 23.7 Å². The maximum atomic E-state index is 11.7. The molecule has 0 rings (SSSR count). The van der Waals surface area contributed by atoms with Crippen LogP contribution in [0.2, 0.25) is 0 Å². The molecule has 0 saturated heterocycles. The molecule has 0 aromatic rings. The molecule has 2 atom stereocenters. The minimum Gasteiger partial charge on any atom is -0.429 e. The van der Waals surface area contributed by atoms with Crippen LogP contribution in [-0.4, -0.2) is 58.5 Å². The van der Waals surface area contributed by atoms with Gasteiger partial charge in [-0.15, -0.1) is 0 Å². The number of carbonyl (C=O) groups excluding carboxylic acids is 1. The zero-order valence-corrected chi connectivity index (χ0v) is 12.6. The Morgan fingerprint density at radius 3 is 2.47 bits per heavy atom. The van der Waals surface area contributed by atoms with E-state index < -0.39 is 11.8 Å². The second-order valence-electron chi connectivity index (χ2n) is 4.57. The lowest BCUT2D eigenvalue weighted by Crippen LogP contribution is -2.39. The molecule has 0 bridgehead atoms. The summed E-state index contributed by atoms with van der Waals surface area (Å²) >= 11 is 0. The molecule has 0 heterocycles. The topological polar surface area (TPSA) is 63.2 Å². The molecule has 0 radical (unpaired) electrons. The maximum Gasteiger partial charge on any atom is 0.509 e. The first-order chi connectivity index (χ1) is 8.97. The zero-order valence-electron chi connectivity index (χ0n) is 12.6. The van der Waals surface area contributed by atoms with Crippen LogP contribution in [0.4, 0.5) is 4.79 Å². The third kappa shape index (κ3) is 8.80. The highest BCUT2D eigenvalue weighted by atomic mass is 16.7. The second kappa shape index (κ2) is 10.00. The molecule has 6 heteroatoms. The highest BCUT2D eigenvalue weighted by Crippen LogP contribution is 2.17. The first-order valence-corrected chi connectivity index (χ1v) is 6.42. The van der Waals surface area contributed by atoms with Crippen molar-refractivity contribution in [1.82, 2.24) is 0 Å². The van der Waals surface area contributed by atoms with Gasteiger partial charge in [0.05, 0.1) is 19.8 Å². The Labute approximate surface area is 115 Å². The van der Waals surface area contributed by atoms with Crippen molar-refractivity contribution in [3.8, 4) is 0 Å². The third-order valence-electron chi connectivity index (χ3n) is 2.46. The molecule has 0 aliphatic carbocycles. The Morgan fingerprint density at radius 2 is 1.95 bits per heavy atom. The largest absolute Gasteiger partial charge is 0.509 e. The van der Waals surface area contributed by atoms with Gasteiger partial charge in [-0.3, -0.25) is 0 Å². The van der Waals surface area contributed by atoms with Crippen LogP contribution in [0.3, 0.4) is 0 Å². The van der Waals surface area contributed by atoms with Crippen LogP contribution in [0, 0.1) is 0 Å². The third-order valence-corrected chi connectivity index (χ3v) is 2.46. The Balaban J connectivity index is 4.26. The molecule has 0 spiro atoms. The Kier molecular flexibility index (Phi) is 9.55. The van der Waals surface area contributed by atoms with Gasteiger partial charge < -0.3 is 23.7 Å².